The minimum atomic E-state index is 0.140. The Kier molecular flexibility index (Phi) is 7.58. The Hall–Kier alpha value is -0.900. The van der Waals surface area contributed by atoms with Crippen molar-refractivity contribution in [3.05, 3.63) is 35.9 Å². The lowest BCUT2D eigenvalue weighted by Crippen LogP contribution is -1.94. The van der Waals surface area contributed by atoms with Crippen molar-refractivity contribution in [1.29, 1.82) is 0 Å². The van der Waals surface area contributed by atoms with E-state index in [1.54, 1.807) is 0 Å². The number of aliphatic hydroxyl groups is 1. The van der Waals surface area contributed by atoms with Gasteiger partial charge in [0, 0.05) is 0 Å². The standard InChI is InChI=1S/C7H8O.C2H7NO/c8-6-7-4-2-1-3-5-7;1-2-4-3/h1-5,8H,6H2;2-3H2,1H3. The highest BCUT2D eigenvalue weighted by Gasteiger charge is 1.81. The molecule has 3 heteroatoms. The van der Waals surface area contributed by atoms with Crippen molar-refractivity contribution in [2.24, 2.45) is 5.90 Å². The summed E-state index contributed by atoms with van der Waals surface area (Å²) in [6.07, 6.45) is 0. The van der Waals surface area contributed by atoms with Crippen LogP contribution in [0.1, 0.15) is 12.5 Å². The first-order chi connectivity index (χ1) is 5.85. The summed E-state index contributed by atoms with van der Waals surface area (Å²) in [4.78, 5) is 4.04. The van der Waals surface area contributed by atoms with Crippen LogP contribution in [-0.4, -0.2) is 11.7 Å². The molecule has 0 fully saturated rings. The fraction of sp³-hybridized carbons (Fsp3) is 0.333. The van der Waals surface area contributed by atoms with Crippen molar-refractivity contribution in [2.75, 3.05) is 6.61 Å². The number of benzene rings is 1. The fourth-order valence-corrected chi connectivity index (χ4v) is 0.583. The predicted octanol–water partition coefficient (Wildman–Crippen LogP) is 1.08. The molecule has 0 amide bonds. The molecule has 3 nitrogen and oxygen atoms in total. The highest BCUT2D eigenvalue weighted by Crippen LogP contribution is 1.95. The topological polar surface area (TPSA) is 55.5 Å². The van der Waals surface area contributed by atoms with Gasteiger partial charge in [-0.25, -0.2) is 5.90 Å². The molecule has 0 unspecified atom stereocenters. The van der Waals surface area contributed by atoms with E-state index in [-0.39, 0.29) is 6.61 Å². The second kappa shape index (κ2) is 8.20. The lowest BCUT2D eigenvalue weighted by molar-refractivity contribution is 0.152. The smallest absolute Gasteiger partial charge is 0.0681 e. The Balaban J connectivity index is 0.000000261. The van der Waals surface area contributed by atoms with Gasteiger partial charge in [-0.3, -0.25) is 0 Å². The minimum absolute atomic E-state index is 0.140. The quantitative estimate of drug-likeness (QED) is 0.651. The highest BCUT2D eigenvalue weighted by atomic mass is 16.6. The van der Waals surface area contributed by atoms with Gasteiger partial charge in [0.15, 0.2) is 0 Å². The van der Waals surface area contributed by atoms with Crippen LogP contribution in [0.3, 0.4) is 0 Å². The highest BCUT2D eigenvalue weighted by molar-refractivity contribution is 5.12. The summed E-state index contributed by atoms with van der Waals surface area (Å²) in [7, 11) is 0. The first kappa shape index (κ1) is 11.1. The number of nitrogens with two attached hydrogens (primary N) is 1. The van der Waals surface area contributed by atoms with Gasteiger partial charge < -0.3 is 9.94 Å². The van der Waals surface area contributed by atoms with Gasteiger partial charge in [0.1, 0.15) is 0 Å². The van der Waals surface area contributed by atoms with Crippen LogP contribution in [0.4, 0.5) is 0 Å². The molecule has 0 aliphatic heterocycles. The molecule has 0 atom stereocenters. The van der Waals surface area contributed by atoms with Gasteiger partial charge in [0.25, 0.3) is 0 Å². The van der Waals surface area contributed by atoms with E-state index < -0.39 is 0 Å². The molecular formula is C9H15NO2. The summed E-state index contributed by atoms with van der Waals surface area (Å²) >= 11 is 0. The molecule has 3 N–H and O–H groups in total. The predicted molar refractivity (Wildman–Crippen MR) is 48.2 cm³/mol. The fourth-order valence-electron chi connectivity index (χ4n) is 0.583. The Labute approximate surface area is 72.7 Å². The second-order valence-corrected chi connectivity index (χ2v) is 2.10. The monoisotopic (exact) mass is 169 g/mol. The Morgan fingerprint density at radius 1 is 1.33 bits per heavy atom. The van der Waals surface area contributed by atoms with Crippen molar-refractivity contribution >= 4 is 0 Å². The van der Waals surface area contributed by atoms with Gasteiger partial charge in [0.05, 0.1) is 13.2 Å². The van der Waals surface area contributed by atoms with Crippen molar-refractivity contribution in [3.8, 4) is 0 Å². The van der Waals surface area contributed by atoms with E-state index >= 15 is 0 Å². The third kappa shape index (κ3) is 5.85. The number of hydrogen-bond acceptors (Lipinski definition) is 3. The van der Waals surface area contributed by atoms with Crippen molar-refractivity contribution in [1.82, 2.24) is 0 Å². The molecule has 68 valence electrons. The van der Waals surface area contributed by atoms with Crippen LogP contribution in [0, 0.1) is 0 Å². The van der Waals surface area contributed by atoms with E-state index in [9.17, 15) is 0 Å². The molecule has 1 rings (SSSR count). The summed E-state index contributed by atoms with van der Waals surface area (Å²) in [6, 6.07) is 9.52. The van der Waals surface area contributed by atoms with E-state index in [0.717, 1.165) is 5.56 Å². The molecular weight excluding hydrogens is 154 g/mol. The summed E-state index contributed by atoms with van der Waals surface area (Å²) < 4.78 is 0. The average molecular weight is 169 g/mol. The van der Waals surface area contributed by atoms with Crippen LogP contribution in [-0.2, 0) is 11.4 Å². The molecule has 0 saturated carbocycles. The zero-order valence-electron chi connectivity index (χ0n) is 7.23. The van der Waals surface area contributed by atoms with Crippen molar-refractivity contribution < 1.29 is 9.94 Å². The molecule has 0 saturated heterocycles. The molecule has 1 aromatic carbocycles. The molecule has 0 aromatic heterocycles. The Morgan fingerprint density at radius 2 is 1.83 bits per heavy atom. The normalized spacial score (nSPS) is 8.58. The van der Waals surface area contributed by atoms with Gasteiger partial charge in [-0.2, -0.15) is 0 Å². The molecule has 1 aromatic rings. The van der Waals surface area contributed by atoms with Gasteiger partial charge in [-0.1, -0.05) is 30.3 Å². The molecule has 0 aliphatic rings. The summed E-state index contributed by atoms with van der Waals surface area (Å²) in [5.74, 6) is 4.53. The van der Waals surface area contributed by atoms with E-state index in [2.05, 4.69) is 10.7 Å². The third-order valence-electron chi connectivity index (χ3n) is 1.19. The van der Waals surface area contributed by atoms with Crippen molar-refractivity contribution in [3.63, 3.8) is 0 Å². The maximum Gasteiger partial charge on any atom is 0.0681 e. The zero-order valence-corrected chi connectivity index (χ0v) is 7.23. The Bertz CT molecular complexity index is 175. The summed E-state index contributed by atoms with van der Waals surface area (Å²) in [5, 5.41) is 8.54. The van der Waals surface area contributed by atoms with Gasteiger partial charge in [-0.15, -0.1) is 0 Å². The van der Waals surface area contributed by atoms with E-state index in [0.29, 0.717) is 6.61 Å². The summed E-state index contributed by atoms with van der Waals surface area (Å²) in [5.41, 5.74) is 0.965. The molecule has 0 heterocycles. The van der Waals surface area contributed by atoms with E-state index in [1.807, 2.05) is 37.3 Å². The molecule has 0 radical (unpaired) electrons. The maximum absolute atomic E-state index is 8.54. The van der Waals surface area contributed by atoms with Gasteiger partial charge >= 0.3 is 0 Å². The zero-order chi connectivity index (χ0) is 9.23. The SMILES string of the molecule is CCON.OCc1ccccc1. The number of rotatable bonds is 2. The van der Waals surface area contributed by atoms with Crippen LogP contribution >= 0.6 is 0 Å². The number of hydrogen-bond donors (Lipinski definition) is 2. The van der Waals surface area contributed by atoms with Gasteiger partial charge in [0.2, 0.25) is 0 Å². The lowest BCUT2D eigenvalue weighted by Gasteiger charge is -1.89. The van der Waals surface area contributed by atoms with E-state index in [4.69, 9.17) is 5.11 Å². The first-order valence-corrected chi connectivity index (χ1v) is 3.81. The maximum atomic E-state index is 8.54. The van der Waals surface area contributed by atoms with Crippen LogP contribution in [0.5, 0.6) is 0 Å². The van der Waals surface area contributed by atoms with Crippen molar-refractivity contribution in [2.45, 2.75) is 13.5 Å². The third-order valence-corrected chi connectivity index (χ3v) is 1.19. The second-order valence-electron chi connectivity index (χ2n) is 2.10. The van der Waals surface area contributed by atoms with E-state index in [1.165, 1.54) is 0 Å². The molecule has 0 bridgehead atoms. The van der Waals surface area contributed by atoms with Gasteiger partial charge in [-0.05, 0) is 12.5 Å². The Morgan fingerprint density at radius 3 is 2.08 bits per heavy atom. The summed E-state index contributed by atoms with van der Waals surface area (Å²) in [6.45, 7) is 2.57. The minimum Gasteiger partial charge on any atom is -0.392 e. The first-order valence-electron chi connectivity index (χ1n) is 3.81. The number of aliphatic hydroxyl groups excluding tert-OH is 1. The molecule has 12 heavy (non-hydrogen) atoms. The van der Waals surface area contributed by atoms with Crippen LogP contribution in [0.15, 0.2) is 30.3 Å². The lowest BCUT2D eigenvalue weighted by atomic mass is 10.2. The van der Waals surface area contributed by atoms with Crippen LogP contribution in [0.2, 0.25) is 0 Å². The molecule has 0 aliphatic carbocycles. The van der Waals surface area contributed by atoms with Crippen LogP contribution < -0.4 is 5.90 Å². The van der Waals surface area contributed by atoms with Crippen LogP contribution in [0.25, 0.3) is 0 Å². The molecule has 0 spiro atoms. The average Bonchev–Trinajstić information content (AvgIpc) is 2.19. The largest absolute Gasteiger partial charge is 0.392 e.